The van der Waals surface area contributed by atoms with Gasteiger partial charge in [0.1, 0.15) is 0 Å². The standard InChI is InChI=1S/C20H30O5/c1-18-7-5-12(21)9-11(18)3-4-13-14-6-8-20(25,17(23)24)19(14,2)10-15(22)16(13)18/h9,12-16,21-22,25H,3-8,10H2,1-2H3,(H,23,24)/t12?,13?,14?,15-,16?,18-,19-,20-/m0/s1. The molecule has 5 nitrogen and oxygen atoms in total. The number of rotatable bonds is 1. The average molecular weight is 350 g/mol. The molecule has 140 valence electrons. The molecule has 4 rings (SSSR count). The number of fused-ring (bicyclic) bond motifs is 5. The summed E-state index contributed by atoms with van der Waals surface area (Å²) >= 11 is 0. The van der Waals surface area contributed by atoms with Gasteiger partial charge < -0.3 is 20.4 Å². The zero-order chi connectivity index (χ0) is 18.2. The van der Waals surface area contributed by atoms with Crippen LogP contribution in [0.25, 0.3) is 0 Å². The highest BCUT2D eigenvalue weighted by Gasteiger charge is 2.68. The Morgan fingerprint density at radius 2 is 1.88 bits per heavy atom. The van der Waals surface area contributed by atoms with Gasteiger partial charge in [0, 0.05) is 5.41 Å². The number of aliphatic hydroxyl groups excluding tert-OH is 2. The van der Waals surface area contributed by atoms with Crippen molar-refractivity contribution in [3.63, 3.8) is 0 Å². The number of aliphatic hydroxyl groups is 3. The van der Waals surface area contributed by atoms with E-state index in [0.29, 0.717) is 12.8 Å². The molecule has 4 aliphatic carbocycles. The zero-order valence-electron chi connectivity index (χ0n) is 15.1. The Balaban J connectivity index is 1.74. The first-order chi connectivity index (χ1) is 11.6. The number of carboxylic acids is 1. The van der Waals surface area contributed by atoms with Crippen LogP contribution >= 0.6 is 0 Å². The number of allylic oxidation sites excluding steroid dienone is 1. The fraction of sp³-hybridized carbons (Fsp3) is 0.850. The van der Waals surface area contributed by atoms with E-state index in [0.717, 1.165) is 25.7 Å². The van der Waals surface area contributed by atoms with Crippen LogP contribution in [0.4, 0.5) is 0 Å². The van der Waals surface area contributed by atoms with Gasteiger partial charge in [0.15, 0.2) is 5.60 Å². The lowest BCUT2D eigenvalue weighted by Gasteiger charge is -2.60. The molecular formula is C20H30O5. The van der Waals surface area contributed by atoms with Crippen molar-refractivity contribution in [3.8, 4) is 0 Å². The summed E-state index contributed by atoms with van der Waals surface area (Å²) in [5.74, 6) is -0.687. The van der Waals surface area contributed by atoms with E-state index >= 15 is 0 Å². The predicted octanol–water partition coefficient (Wildman–Crippen LogP) is 2.10. The largest absolute Gasteiger partial charge is 0.479 e. The number of carboxylic acid groups (broad SMARTS) is 1. The van der Waals surface area contributed by atoms with Crippen LogP contribution in [-0.2, 0) is 4.79 Å². The van der Waals surface area contributed by atoms with Crippen LogP contribution in [-0.4, -0.2) is 44.2 Å². The van der Waals surface area contributed by atoms with Gasteiger partial charge in [-0.25, -0.2) is 4.79 Å². The molecule has 25 heavy (non-hydrogen) atoms. The second kappa shape index (κ2) is 5.30. The fourth-order valence-electron chi connectivity index (χ4n) is 7.19. The molecule has 8 atom stereocenters. The summed E-state index contributed by atoms with van der Waals surface area (Å²) in [6.07, 6.45) is 5.72. The maximum Gasteiger partial charge on any atom is 0.336 e. The predicted molar refractivity (Wildman–Crippen MR) is 91.7 cm³/mol. The summed E-state index contributed by atoms with van der Waals surface area (Å²) in [7, 11) is 0. The number of carbonyl (C=O) groups is 1. The van der Waals surface area contributed by atoms with E-state index in [1.807, 2.05) is 13.0 Å². The summed E-state index contributed by atoms with van der Waals surface area (Å²) in [6, 6.07) is 0. The molecule has 0 bridgehead atoms. The smallest absolute Gasteiger partial charge is 0.336 e. The minimum atomic E-state index is -1.73. The fourth-order valence-corrected chi connectivity index (χ4v) is 7.19. The number of hydrogen-bond acceptors (Lipinski definition) is 4. The van der Waals surface area contributed by atoms with Crippen LogP contribution in [0.3, 0.4) is 0 Å². The van der Waals surface area contributed by atoms with Gasteiger partial charge in [-0.3, -0.25) is 0 Å². The van der Waals surface area contributed by atoms with E-state index in [1.54, 1.807) is 0 Å². The lowest BCUT2D eigenvalue weighted by Crippen LogP contribution is -2.61. The van der Waals surface area contributed by atoms with Crippen LogP contribution in [0.5, 0.6) is 0 Å². The van der Waals surface area contributed by atoms with Crippen molar-refractivity contribution in [2.45, 2.75) is 76.6 Å². The first-order valence-corrected chi connectivity index (χ1v) is 9.66. The Morgan fingerprint density at radius 1 is 1.16 bits per heavy atom. The first-order valence-electron chi connectivity index (χ1n) is 9.66. The first kappa shape index (κ1) is 17.5. The van der Waals surface area contributed by atoms with Crippen molar-refractivity contribution < 1.29 is 25.2 Å². The van der Waals surface area contributed by atoms with Crippen molar-refractivity contribution in [3.05, 3.63) is 11.6 Å². The molecule has 4 aliphatic rings. The van der Waals surface area contributed by atoms with Crippen LogP contribution in [0.2, 0.25) is 0 Å². The Bertz CT molecular complexity index is 630. The molecule has 3 fully saturated rings. The number of aliphatic carboxylic acids is 1. The Hall–Kier alpha value is -0.910. The molecule has 0 saturated heterocycles. The summed E-state index contributed by atoms with van der Waals surface area (Å²) in [5.41, 5.74) is -1.36. The molecule has 4 unspecified atom stereocenters. The van der Waals surface area contributed by atoms with Crippen LogP contribution < -0.4 is 0 Å². The molecular weight excluding hydrogens is 320 g/mol. The van der Waals surface area contributed by atoms with Gasteiger partial charge in [0.25, 0.3) is 0 Å². The van der Waals surface area contributed by atoms with E-state index in [-0.39, 0.29) is 35.7 Å². The third-order valence-electron chi connectivity index (χ3n) is 8.53. The Morgan fingerprint density at radius 3 is 2.56 bits per heavy atom. The third-order valence-corrected chi connectivity index (χ3v) is 8.53. The average Bonchev–Trinajstić information content (AvgIpc) is 2.80. The maximum atomic E-state index is 11.8. The SMILES string of the molecule is C[C@]12CCC(O)C=C1CCC1C2[C@@H](O)C[C@@]2(C)C1CC[C@]2(O)C(=O)O. The Kier molecular flexibility index (Phi) is 3.71. The van der Waals surface area contributed by atoms with Crippen molar-refractivity contribution in [2.75, 3.05) is 0 Å². The van der Waals surface area contributed by atoms with Gasteiger partial charge in [-0.15, -0.1) is 0 Å². The van der Waals surface area contributed by atoms with Crippen LogP contribution in [0, 0.1) is 28.6 Å². The highest BCUT2D eigenvalue weighted by molar-refractivity contribution is 5.79. The van der Waals surface area contributed by atoms with Crippen molar-refractivity contribution >= 4 is 5.97 Å². The van der Waals surface area contributed by atoms with Crippen molar-refractivity contribution in [1.82, 2.24) is 0 Å². The van der Waals surface area contributed by atoms with E-state index in [2.05, 4.69) is 6.92 Å². The molecule has 0 spiro atoms. The van der Waals surface area contributed by atoms with Gasteiger partial charge in [0.2, 0.25) is 0 Å². The summed E-state index contributed by atoms with van der Waals surface area (Å²) in [5, 5.41) is 41.7. The molecule has 0 amide bonds. The van der Waals surface area contributed by atoms with Crippen molar-refractivity contribution in [1.29, 1.82) is 0 Å². The normalized spacial score (nSPS) is 54.9. The second-order valence-corrected chi connectivity index (χ2v) is 9.44. The summed E-state index contributed by atoms with van der Waals surface area (Å²) in [4.78, 5) is 11.8. The topological polar surface area (TPSA) is 98.0 Å². The third kappa shape index (κ3) is 2.09. The minimum absolute atomic E-state index is 0.0919. The second-order valence-electron chi connectivity index (χ2n) is 9.44. The molecule has 5 heteroatoms. The summed E-state index contributed by atoms with van der Waals surface area (Å²) in [6.45, 7) is 4.09. The van der Waals surface area contributed by atoms with Crippen LogP contribution in [0.1, 0.15) is 58.8 Å². The minimum Gasteiger partial charge on any atom is -0.479 e. The number of hydrogen-bond donors (Lipinski definition) is 4. The Labute approximate surface area is 148 Å². The molecule has 0 aromatic heterocycles. The van der Waals surface area contributed by atoms with E-state index < -0.39 is 23.1 Å². The van der Waals surface area contributed by atoms with E-state index in [1.165, 1.54) is 5.57 Å². The van der Waals surface area contributed by atoms with Gasteiger partial charge in [-0.2, -0.15) is 0 Å². The molecule has 0 aliphatic heterocycles. The molecule has 0 radical (unpaired) electrons. The maximum absolute atomic E-state index is 11.8. The van der Waals surface area contributed by atoms with E-state index in [9.17, 15) is 25.2 Å². The molecule has 4 N–H and O–H groups in total. The van der Waals surface area contributed by atoms with Gasteiger partial charge >= 0.3 is 5.97 Å². The summed E-state index contributed by atoms with van der Waals surface area (Å²) < 4.78 is 0. The van der Waals surface area contributed by atoms with E-state index in [4.69, 9.17) is 0 Å². The van der Waals surface area contributed by atoms with Gasteiger partial charge in [0.05, 0.1) is 12.2 Å². The quantitative estimate of drug-likeness (QED) is 0.543. The van der Waals surface area contributed by atoms with Crippen molar-refractivity contribution in [2.24, 2.45) is 28.6 Å². The highest BCUT2D eigenvalue weighted by atomic mass is 16.4. The lowest BCUT2D eigenvalue weighted by atomic mass is 9.45. The van der Waals surface area contributed by atoms with Crippen LogP contribution in [0.15, 0.2) is 11.6 Å². The molecule has 0 heterocycles. The zero-order valence-corrected chi connectivity index (χ0v) is 15.1. The molecule has 3 saturated carbocycles. The lowest BCUT2D eigenvalue weighted by molar-refractivity contribution is -0.194. The monoisotopic (exact) mass is 350 g/mol. The molecule has 0 aromatic carbocycles. The van der Waals surface area contributed by atoms with Gasteiger partial charge in [-0.1, -0.05) is 25.5 Å². The molecule has 0 aromatic rings. The highest BCUT2D eigenvalue weighted by Crippen LogP contribution is 2.67. The van der Waals surface area contributed by atoms with Gasteiger partial charge in [-0.05, 0) is 68.1 Å².